The van der Waals surface area contributed by atoms with Crippen LogP contribution in [0.3, 0.4) is 0 Å². The van der Waals surface area contributed by atoms with Crippen LogP contribution in [0.15, 0.2) is 18.5 Å². The van der Waals surface area contributed by atoms with Gasteiger partial charge in [0.05, 0.1) is 22.5 Å². The average Bonchev–Trinajstić information content (AvgIpc) is 3.10. The maximum absolute atomic E-state index is 10.9. The van der Waals surface area contributed by atoms with Crippen LogP contribution in [-0.2, 0) is 0 Å². The molecule has 3 aromatic rings. The lowest BCUT2D eigenvalue weighted by atomic mass is 9.52. The Hall–Kier alpha value is -2.08. The van der Waals surface area contributed by atoms with E-state index in [4.69, 9.17) is 10.8 Å². The molecule has 2 atom stereocenters. The summed E-state index contributed by atoms with van der Waals surface area (Å²) in [6.45, 7) is 0. The predicted molar refractivity (Wildman–Crippen MR) is 91.3 cm³/mol. The topological polar surface area (TPSA) is 92.8 Å². The van der Waals surface area contributed by atoms with Gasteiger partial charge < -0.3 is 15.8 Å². The lowest BCUT2D eigenvalue weighted by Crippen LogP contribution is -2.55. The van der Waals surface area contributed by atoms with Crippen molar-refractivity contribution in [1.29, 1.82) is 0 Å². The van der Waals surface area contributed by atoms with E-state index in [1.54, 1.807) is 0 Å². The first-order valence-corrected chi connectivity index (χ1v) is 8.93. The van der Waals surface area contributed by atoms with E-state index in [0.717, 1.165) is 41.2 Å². The third-order valence-corrected chi connectivity index (χ3v) is 6.75. The first kappa shape index (κ1) is 13.2. The van der Waals surface area contributed by atoms with E-state index in [1.165, 1.54) is 12.8 Å². The zero-order valence-corrected chi connectivity index (χ0v) is 13.4. The Balaban J connectivity index is 1.59. The van der Waals surface area contributed by atoms with Crippen LogP contribution in [0, 0.1) is 17.8 Å². The van der Waals surface area contributed by atoms with Crippen LogP contribution < -0.4 is 5.73 Å². The number of rotatable bonds is 1. The van der Waals surface area contributed by atoms with Gasteiger partial charge in [0.25, 0.3) is 0 Å². The standard InChI is InChI=1S/C18H21N5O/c19-16-13-8-21-17-12(1-2-20-17)15(13)23(22-16)14-10-3-9-4-11(14)7-18(24,5-9)6-10/h1-2,8-11,14,24H,3-7H2,(H2,19,22)(H,20,21). The number of hydrogen-bond acceptors (Lipinski definition) is 4. The molecule has 4 aliphatic carbocycles. The smallest absolute Gasteiger partial charge is 0.154 e. The second kappa shape index (κ2) is 4.11. The fourth-order valence-electron chi connectivity index (χ4n) is 6.22. The third kappa shape index (κ3) is 1.55. The first-order valence-electron chi connectivity index (χ1n) is 8.93. The van der Waals surface area contributed by atoms with E-state index in [0.29, 0.717) is 29.6 Å². The lowest BCUT2D eigenvalue weighted by Gasteiger charge is -2.57. The Kier molecular flexibility index (Phi) is 2.27. The monoisotopic (exact) mass is 323 g/mol. The van der Waals surface area contributed by atoms with Crippen molar-refractivity contribution in [2.24, 2.45) is 17.8 Å². The highest BCUT2D eigenvalue weighted by Gasteiger charge is 2.55. The largest absolute Gasteiger partial charge is 0.390 e. The number of pyridine rings is 1. The van der Waals surface area contributed by atoms with Crippen molar-refractivity contribution < 1.29 is 5.11 Å². The number of fused-ring (bicyclic) bond motifs is 3. The minimum Gasteiger partial charge on any atom is -0.390 e. The molecule has 7 rings (SSSR count). The molecule has 4 fully saturated rings. The fourth-order valence-corrected chi connectivity index (χ4v) is 6.22. The minimum absolute atomic E-state index is 0.349. The maximum Gasteiger partial charge on any atom is 0.154 e. The summed E-state index contributed by atoms with van der Waals surface area (Å²) in [7, 11) is 0. The van der Waals surface area contributed by atoms with Crippen molar-refractivity contribution >= 4 is 27.8 Å². The molecule has 24 heavy (non-hydrogen) atoms. The van der Waals surface area contributed by atoms with Gasteiger partial charge in [-0.3, -0.25) is 4.68 Å². The van der Waals surface area contributed by atoms with Crippen LogP contribution in [-0.4, -0.2) is 30.5 Å². The van der Waals surface area contributed by atoms with Gasteiger partial charge >= 0.3 is 0 Å². The summed E-state index contributed by atoms with van der Waals surface area (Å²) in [6.07, 6.45) is 9.00. The molecular formula is C18H21N5O. The first-order chi connectivity index (χ1) is 11.6. The summed E-state index contributed by atoms with van der Waals surface area (Å²) >= 11 is 0. The van der Waals surface area contributed by atoms with Gasteiger partial charge in [-0.15, -0.1) is 0 Å². The van der Waals surface area contributed by atoms with E-state index >= 15 is 0 Å². The average molecular weight is 323 g/mol. The molecule has 0 aromatic carbocycles. The van der Waals surface area contributed by atoms with Crippen LogP contribution in [0.1, 0.15) is 38.1 Å². The number of aromatic amines is 1. The summed E-state index contributed by atoms with van der Waals surface area (Å²) in [4.78, 5) is 7.65. The Morgan fingerprint density at radius 3 is 2.75 bits per heavy atom. The van der Waals surface area contributed by atoms with E-state index in [1.807, 2.05) is 12.4 Å². The number of nitrogens with one attached hydrogen (secondary N) is 1. The predicted octanol–water partition coefficient (Wildman–Crippen LogP) is 2.61. The molecule has 4 N–H and O–H groups in total. The summed E-state index contributed by atoms with van der Waals surface area (Å²) in [5.41, 5.74) is 7.78. The molecule has 0 radical (unpaired) electrons. The molecule has 0 amide bonds. The van der Waals surface area contributed by atoms with E-state index < -0.39 is 5.60 Å². The van der Waals surface area contributed by atoms with E-state index in [2.05, 4.69) is 20.7 Å². The van der Waals surface area contributed by atoms with Crippen molar-refractivity contribution in [1.82, 2.24) is 19.7 Å². The highest BCUT2D eigenvalue weighted by atomic mass is 16.3. The summed E-state index contributed by atoms with van der Waals surface area (Å²) in [5.74, 6) is 2.27. The quantitative estimate of drug-likeness (QED) is 0.642. The van der Waals surface area contributed by atoms with Gasteiger partial charge in [0.2, 0.25) is 0 Å². The molecule has 3 aromatic heterocycles. The van der Waals surface area contributed by atoms with Crippen LogP contribution in [0.4, 0.5) is 5.82 Å². The molecule has 6 nitrogen and oxygen atoms in total. The highest BCUT2D eigenvalue weighted by Crippen LogP contribution is 2.60. The van der Waals surface area contributed by atoms with Crippen LogP contribution >= 0.6 is 0 Å². The van der Waals surface area contributed by atoms with Crippen molar-refractivity contribution in [2.45, 2.75) is 43.7 Å². The summed E-state index contributed by atoms with van der Waals surface area (Å²) in [5, 5.41) is 17.6. The number of hydrogen-bond donors (Lipinski definition) is 3. The van der Waals surface area contributed by atoms with Crippen molar-refractivity contribution in [3.05, 3.63) is 18.5 Å². The molecule has 3 heterocycles. The Morgan fingerprint density at radius 1 is 1.21 bits per heavy atom. The third-order valence-electron chi connectivity index (χ3n) is 6.75. The van der Waals surface area contributed by atoms with Gasteiger partial charge in [0.1, 0.15) is 5.65 Å². The Morgan fingerprint density at radius 2 is 2.00 bits per heavy atom. The van der Waals surface area contributed by atoms with Crippen LogP contribution in [0.2, 0.25) is 0 Å². The second-order valence-corrected chi connectivity index (χ2v) is 8.28. The van der Waals surface area contributed by atoms with Gasteiger partial charge in [0.15, 0.2) is 5.82 Å². The van der Waals surface area contributed by atoms with Crippen LogP contribution in [0.5, 0.6) is 0 Å². The van der Waals surface area contributed by atoms with Crippen molar-refractivity contribution in [2.75, 3.05) is 5.73 Å². The van der Waals surface area contributed by atoms with E-state index in [9.17, 15) is 5.11 Å². The van der Waals surface area contributed by atoms with Gasteiger partial charge in [-0.05, 0) is 55.9 Å². The van der Waals surface area contributed by atoms with Crippen molar-refractivity contribution in [3.63, 3.8) is 0 Å². The number of aromatic nitrogens is 4. The summed E-state index contributed by atoms with van der Waals surface area (Å²) < 4.78 is 2.18. The van der Waals surface area contributed by atoms with Gasteiger partial charge in [-0.2, -0.15) is 5.10 Å². The molecule has 0 aliphatic heterocycles. The molecule has 4 saturated carbocycles. The second-order valence-electron chi connectivity index (χ2n) is 8.28. The van der Waals surface area contributed by atoms with E-state index in [-0.39, 0.29) is 0 Å². The molecular weight excluding hydrogens is 302 g/mol. The lowest BCUT2D eigenvalue weighted by molar-refractivity contribution is -0.148. The van der Waals surface area contributed by atoms with Gasteiger partial charge in [-0.1, -0.05) is 0 Å². The maximum atomic E-state index is 10.9. The van der Waals surface area contributed by atoms with Crippen LogP contribution in [0.25, 0.3) is 21.9 Å². The fraction of sp³-hybridized carbons (Fsp3) is 0.556. The molecule has 124 valence electrons. The zero-order valence-electron chi connectivity index (χ0n) is 13.4. The summed E-state index contributed by atoms with van der Waals surface area (Å²) in [6, 6.07) is 2.41. The minimum atomic E-state index is -0.424. The zero-order chi connectivity index (χ0) is 16.1. The molecule has 2 unspecified atom stereocenters. The number of nitrogen functional groups attached to an aromatic ring is 1. The molecule has 0 saturated heterocycles. The molecule has 6 heteroatoms. The number of anilines is 1. The SMILES string of the molecule is Nc1nn(C2C3CC4CC2CC(O)(C4)C3)c2c1cnc1[nH]ccc12. The Labute approximate surface area is 139 Å². The normalized spacial score (nSPS) is 37.7. The molecule has 4 aliphatic rings. The highest BCUT2D eigenvalue weighted by molar-refractivity contribution is 6.06. The Bertz CT molecular complexity index is 957. The molecule has 4 bridgehead atoms. The number of nitrogens with zero attached hydrogens (tertiary/aromatic N) is 3. The van der Waals surface area contributed by atoms with Gasteiger partial charge in [0, 0.05) is 17.8 Å². The number of aliphatic hydroxyl groups is 1. The number of nitrogens with two attached hydrogens (primary N) is 1. The molecule has 0 spiro atoms. The van der Waals surface area contributed by atoms with Crippen molar-refractivity contribution in [3.8, 4) is 0 Å². The van der Waals surface area contributed by atoms with Gasteiger partial charge in [-0.25, -0.2) is 4.98 Å². The number of H-pyrrole nitrogens is 1.